The lowest BCUT2D eigenvalue weighted by Crippen LogP contribution is -2.36. The summed E-state index contributed by atoms with van der Waals surface area (Å²) in [6.07, 6.45) is 6.34. The number of likely N-dealkylation sites (tertiary alicyclic amines) is 1. The van der Waals surface area contributed by atoms with Crippen molar-refractivity contribution < 1.29 is 9.90 Å². The highest BCUT2D eigenvalue weighted by Gasteiger charge is 2.22. The summed E-state index contributed by atoms with van der Waals surface area (Å²) >= 11 is 0. The summed E-state index contributed by atoms with van der Waals surface area (Å²) in [4.78, 5) is 20.1. The van der Waals surface area contributed by atoms with Crippen molar-refractivity contribution in [1.29, 1.82) is 0 Å². The lowest BCUT2D eigenvalue weighted by Gasteiger charge is -2.25. The van der Waals surface area contributed by atoms with Crippen molar-refractivity contribution >= 4 is 16.9 Å². The van der Waals surface area contributed by atoms with Gasteiger partial charge in [0.25, 0.3) is 0 Å². The molecule has 1 atom stereocenters. The number of aryl methyl sites for hydroxylation is 1. The topological polar surface area (TPSA) is 61.6 Å². The number of hydrogen-bond donors (Lipinski definition) is 1. The summed E-state index contributed by atoms with van der Waals surface area (Å²) in [6, 6.07) is 2.32. The number of carboxylic acid groups (broad SMARTS) is 1. The summed E-state index contributed by atoms with van der Waals surface area (Å²) in [6.45, 7) is 5.97. The minimum Gasteiger partial charge on any atom is -0.477 e. The van der Waals surface area contributed by atoms with Gasteiger partial charge >= 0.3 is 5.97 Å². The number of aromatic nitrogens is 2. The molecular weight excluding hydrogens is 304 g/mol. The highest BCUT2D eigenvalue weighted by Crippen LogP contribution is 2.24. The third-order valence-electron chi connectivity index (χ3n) is 5.04. The molecule has 0 amide bonds. The van der Waals surface area contributed by atoms with E-state index in [1.807, 2.05) is 0 Å². The first-order chi connectivity index (χ1) is 11.5. The summed E-state index contributed by atoms with van der Waals surface area (Å²) < 4.78 is 2.14. The molecule has 1 aliphatic heterocycles. The minimum absolute atomic E-state index is 0.107. The number of pyridine rings is 1. The number of fused-ring (bicyclic) bond motifs is 1. The molecule has 0 saturated carbocycles. The predicted molar refractivity (Wildman–Crippen MR) is 94.4 cm³/mol. The Morgan fingerprint density at radius 2 is 2.29 bits per heavy atom. The molecule has 6 nitrogen and oxygen atoms in total. The van der Waals surface area contributed by atoms with Crippen LogP contribution >= 0.6 is 0 Å². The first kappa shape index (κ1) is 16.9. The molecule has 0 aromatic carbocycles. The predicted octanol–water partition coefficient (Wildman–Crippen LogP) is 2.28. The second kappa shape index (κ2) is 6.91. The van der Waals surface area contributed by atoms with Gasteiger partial charge in [-0.05, 0) is 52.0 Å². The molecule has 3 rings (SSSR count). The number of carboxylic acids is 1. The van der Waals surface area contributed by atoms with Gasteiger partial charge in [-0.25, -0.2) is 9.78 Å². The molecule has 6 heteroatoms. The minimum atomic E-state index is -0.979. The van der Waals surface area contributed by atoms with Gasteiger partial charge in [0.15, 0.2) is 0 Å². The van der Waals surface area contributed by atoms with Crippen LogP contribution in [0.15, 0.2) is 18.5 Å². The van der Waals surface area contributed by atoms with E-state index in [4.69, 9.17) is 0 Å². The van der Waals surface area contributed by atoms with E-state index in [2.05, 4.69) is 46.6 Å². The molecule has 1 aliphatic rings. The molecule has 1 fully saturated rings. The Morgan fingerprint density at radius 1 is 1.50 bits per heavy atom. The van der Waals surface area contributed by atoms with E-state index in [9.17, 15) is 9.90 Å². The van der Waals surface area contributed by atoms with Gasteiger partial charge in [0.2, 0.25) is 0 Å². The monoisotopic (exact) mass is 330 g/mol. The Kier molecular flexibility index (Phi) is 4.87. The molecule has 3 heterocycles. The van der Waals surface area contributed by atoms with Gasteiger partial charge < -0.3 is 19.5 Å². The van der Waals surface area contributed by atoms with Crippen LogP contribution in [-0.4, -0.2) is 63.7 Å². The van der Waals surface area contributed by atoms with Crippen molar-refractivity contribution in [1.82, 2.24) is 19.4 Å². The lowest BCUT2D eigenvalue weighted by molar-refractivity contribution is 0.0690. The number of carbonyl (C=O) groups is 1. The van der Waals surface area contributed by atoms with Crippen molar-refractivity contribution in [2.45, 2.75) is 38.9 Å². The largest absolute Gasteiger partial charge is 0.477 e. The maximum Gasteiger partial charge on any atom is 0.354 e. The summed E-state index contributed by atoms with van der Waals surface area (Å²) in [5, 5.41) is 10.2. The van der Waals surface area contributed by atoms with Crippen LogP contribution in [0.3, 0.4) is 0 Å². The average molecular weight is 330 g/mol. The van der Waals surface area contributed by atoms with E-state index in [1.165, 1.54) is 24.9 Å². The van der Waals surface area contributed by atoms with Gasteiger partial charge in [-0.2, -0.15) is 0 Å². The maximum atomic E-state index is 11.2. The normalized spacial score (nSPS) is 18.8. The zero-order valence-corrected chi connectivity index (χ0v) is 14.7. The molecule has 130 valence electrons. The molecule has 24 heavy (non-hydrogen) atoms. The van der Waals surface area contributed by atoms with Gasteiger partial charge in [0, 0.05) is 37.3 Å². The molecule has 0 bridgehead atoms. The van der Waals surface area contributed by atoms with Crippen molar-refractivity contribution in [3.8, 4) is 0 Å². The first-order valence-corrected chi connectivity index (χ1v) is 8.59. The van der Waals surface area contributed by atoms with Crippen LogP contribution in [-0.2, 0) is 13.1 Å². The zero-order chi connectivity index (χ0) is 17.3. The van der Waals surface area contributed by atoms with Crippen LogP contribution in [0, 0.1) is 0 Å². The third kappa shape index (κ3) is 3.30. The van der Waals surface area contributed by atoms with Crippen LogP contribution in [0.1, 0.15) is 35.8 Å². The fourth-order valence-electron chi connectivity index (χ4n) is 3.69. The Balaban J connectivity index is 1.84. The molecule has 1 saturated heterocycles. The molecule has 0 spiro atoms. The average Bonchev–Trinajstić information content (AvgIpc) is 3.11. The van der Waals surface area contributed by atoms with E-state index in [0.717, 1.165) is 30.5 Å². The molecule has 0 radical (unpaired) electrons. The first-order valence-electron chi connectivity index (χ1n) is 8.59. The van der Waals surface area contributed by atoms with Crippen molar-refractivity contribution in [2.75, 3.05) is 27.2 Å². The maximum absolute atomic E-state index is 11.2. The lowest BCUT2D eigenvalue weighted by atomic mass is 10.1. The number of nitrogens with zero attached hydrogens (tertiary/aromatic N) is 4. The summed E-state index contributed by atoms with van der Waals surface area (Å²) in [5.74, 6) is -0.979. The summed E-state index contributed by atoms with van der Waals surface area (Å²) in [5.41, 5.74) is 2.28. The molecule has 2 aromatic rings. The van der Waals surface area contributed by atoms with Crippen LogP contribution in [0.25, 0.3) is 10.9 Å². The second-order valence-corrected chi connectivity index (χ2v) is 6.81. The number of likely N-dealkylation sites (N-methyl/N-ethyl adjacent to an activating group) is 2. The fraction of sp³-hybridized carbons (Fsp3) is 0.556. The van der Waals surface area contributed by atoms with E-state index in [0.29, 0.717) is 6.04 Å². The van der Waals surface area contributed by atoms with Crippen molar-refractivity contribution in [2.24, 2.45) is 0 Å². The van der Waals surface area contributed by atoms with E-state index in [1.54, 1.807) is 12.3 Å². The highest BCUT2D eigenvalue weighted by molar-refractivity contribution is 5.92. The van der Waals surface area contributed by atoms with Crippen LogP contribution < -0.4 is 0 Å². The Morgan fingerprint density at radius 3 is 2.92 bits per heavy atom. The van der Waals surface area contributed by atoms with Crippen molar-refractivity contribution in [3.05, 3.63) is 29.7 Å². The third-order valence-corrected chi connectivity index (χ3v) is 5.04. The quantitative estimate of drug-likeness (QED) is 0.880. The van der Waals surface area contributed by atoms with Crippen LogP contribution in [0.4, 0.5) is 0 Å². The second-order valence-electron chi connectivity index (χ2n) is 6.81. The summed E-state index contributed by atoms with van der Waals surface area (Å²) in [7, 11) is 4.33. The zero-order valence-electron chi connectivity index (χ0n) is 14.7. The molecular formula is C18H26N4O2. The van der Waals surface area contributed by atoms with Crippen molar-refractivity contribution in [3.63, 3.8) is 0 Å². The van der Waals surface area contributed by atoms with Gasteiger partial charge in [-0.3, -0.25) is 0 Å². The number of aromatic carboxylic acids is 1. The molecule has 1 N–H and O–H groups in total. The smallest absolute Gasteiger partial charge is 0.354 e. The van der Waals surface area contributed by atoms with Crippen LogP contribution in [0.2, 0.25) is 0 Å². The van der Waals surface area contributed by atoms with Gasteiger partial charge in [0.1, 0.15) is 5.69 Å². The van der Waals surface area contributed by atoms with Gasteiger partial charge in [-0.1, -0.05) is 0 Å². The standard InChI is InChI=1S/C18H26N4O2/c1-4-22-11-13(10-20(2)12-14-6-5-7-21(14)3)15-8-16(18(23)24)19-9-17(15)22/h8-9,11,14H,4-7,10,12H2,1-3H3,(H,23,24)/t14-/m1/s1. The molecule has 2 aromatic heterocycles. The van der Waals surface area contributed by atoms with Crippen LogP contribution in [0.5, 0.6) is 0 Å². The highest BCUT2D eigenvalue weighted by atomic mass is 16.4. The van der Waals surface area contributed by atoms with E-state index < -0.39 is 5.97 Å². The van der Waals surface area contributed by atoms with Gasteiger partial charge in [0.05, 0.1) is 11.7 Å². The number of rotatable bonds is 6. The SMILES string of the molecule is CCn1cc(CN(C)C[C@H]2CCCN2C)c2cc(C(=O)O)ncc21. The number of hydrogen-bond acceptors (Lipinski definition) is 4. The molecule has 0 unspecified atom stereocenters. The Bertz CT molecular complexity index is 740. The fourth-order valence-corrected chi connectivity index (χ4v) is 3.69. The van der Waals surface area contributed by atoms with E-state index >= 15 is 0 Å². The van der Waals surface area contributed by atoms with E-state index in [-0.39, 0.29) is 5.69 Å². The Labute approximate surface area is 142 Å². The van der Waals surface area contributed by atoms with Gasteiger partial charge in [-0.15, -0.1) is 0 Å². The molecule has 0 aliphatic carbocycles. The Hall–Kier alpha value is -1.92.